The molecule has 8 nitrogen and oxygen atoms in total. The molecule has 0 saturated carbocycles. The Morgan fingerprint density at radius 1 is 1.44 bits per heavy atom. The molecule has 0 aliphatic carbocycles. The average molecular weight is 351 g/mol. The molecule has 25 heavy (non-hydrogen) atoms. The highest BCUT2D eigenvalue weighted by molar-refractivity contribution is 5.76. The van der Waals surface area contributed by atoms with Gasteiger partial charge in [-0.05, 0) is 35.1 Å². The molecule has 2 rings (SSSR count). The van der Waals surface area contributed by atoms with Crippen molar-refractivity contribution in [1.82, 2.24) is 19.8 Å². The van der Waals surface area contributed by atoms with Crippen molar-refractivity contribution in [3.05, 3.63) is 22.1 Å². The van der Waals surface area contributed by atoms with E-state index in [0.717, 1.165) is 19.6 Å². The van der Waals surface area contributed by atoms with E-state index in [1.807, 2.05) is 6.92 Å². The fourth-order valence-corrected chi connectivity index (χ4v) is 3.75. The maximum absolute atomic E-state index is 12.2. The zero-order valence-electron chi connectivity index (χ0n) is 15.6. The lowest BCUT2D eigenvalue weighted by Gasteiger charge is -2.36. The van der Waals surface area contributed by atoms with Gasteiger partial charge in [-0.3, -0.25) is 4.79 Å². The van der Waals surface area contributed by atoms with Gasteiger partial charge in [0.1, 0.15) is 6.20 Å². The zero-order chi connectivity index (χ0) is 18.6. The van der Waals surface area contributed by atoms with E-state index >= 15 is 0 Å². The summed E-state index contributed by atoms with van der Waals surface area (Å²) < 4.78 is 1.65. The van der Waals surface area contributed by atoms with Crippen molar-refractivity contribution in [3.8, 4) is 0 Å². The van der Waals surface area contributed by atoms with Gasteiger partial charge in [-0.2, -0.15) is 0 Å². The molecule has 1 saturated heterocycles. The van der Waals surface area contributed by atoms with Gasteiger partial charge in [0.2, 0.25) is 11.7 Å². The summed E-state index contributed by atoms with van der Waals surface area (Å²) >= 11 is 0. The number of aromatic nitrogens is 2. The van der Waals surface area contributed by atoms with Crippen LogP contribution in [0.2, 0.25) is 0 Å². The predicted molar refractivity (Wildman–Crippen MR) is 95.2 cm³/mol. The molecule has 1 aromatic rings. The van der Waals surface area contributed by atoms with E-state index < -0.39 is 4.92 Å². The lowest BCUT2D eigenvalue weighted by molar-refractivity contribution is -0.389. The van der Waals surface area contributed by atoms with Crippen LogP contribution in [0.5, 0.6) is 0 Å². The second-order valence-corrected chi connectivity index (χ2v) is 7.48. The first-order valence-electron chi connectivity index (χ1n) is 8.94. The normalized spacial score (nSPS) is 22.6. The van der Waals surface area contributed by atoms with E-state index in [-0.39, 0.29) is 24.2 Å². The molecule has 3 unspecified atom stereocenters. The van der Waals surface area contributed by atoms with Crippen LogP contribution in [-0.2, 0) is 11.3 Å². The summed E-state index contributed by atoms with van der Waals surface area (Å²) in [5.74, 6) is 1.73. The summed E-state index contributed by atoms with van der Waals surface area (Å²) in [6.07, 6.45) is 2.93. The van der Waals surface area contributed by atoms with Crippen molar-refractivity contribution in [2.45, 2.75) is 53.1 Å². The van der Waals surface area contributed by atoms with E-state index in [2.05, 4.69) is 29.0 Å². The van der Waals surface area contributed by atoms with E-state index in [1.165, 1.54) is 12.6 Å². The quantitative estimate of drug-likeness (QED) is 0.599. The molecule has 0 spiro atoms. The maximum atomic E-state index is 12.2. The number of nitrogens with zero attached hydrogens (tertiary/aromatic N) is 4. The molecule has 140 valence electrons. The van der Waals surface area contributed by atoms with Crippen LogP contribution < -0.4 is 5.32 Å². The molecule has 1 aliphatic rings. The van der Waals surface area contributed by atoms with Crippen LogP contribution in [0.1, 0.15) is 39.4 Å². The molecule has 0 radical (unpaired) electrons. The number of carbonyl (C=O) groups excluding carboxylic acids is 1. The van der Waals surface area contributed by atoms with Gasteiger partial charge in [-0.25, -0.2) is 0 Å². The van der Waals surface area contributed by atoms with Gasteiger partial charge >= 0.3 is 5.82 Å². The zero-order valence-corrected chi connectivity index (χ0v) is 15.6. The van der Waals surface area contributed by atoms with Crippen molar-refractivity contribution in [3.63, 3.8) is 0 Å². The van der Waals surface area contributed by atoms with Gasteiger partial charge < -0.3 is 24.9 Å². The molecular formula is C17H29N5O3. The van der Waals surface area contributed by atoms with Gasteiger partial charge in [-0.15, -0.1) is 0 Å². The number of aryl methyl sites for hydroxylation is 2. The molecule has 1 fully saturated rings. The molecule has 0 bridgehead atoms. The van der Waals surface area contributed by atoms with Crippen LogP contribution in [0.15, 0.2) is 6.20 Å². The highest BCUT2D eigenvalue weighted by atomic mass is 16.6. The first-order chi connectivity index (χ1) is 11.7. The molecule has 1 aromatic heterocycles. The number of hydrogen-bond acceptors (Lipinski definition) is 5. The largest absolute Gasteiger partial charge is 0.381 e. The van der Waals surface area contributed by atoms with Crippen molar-refractivity contribution in [2.75, 3.05) is 19.6 Å². The number of piperidine rings is 1. The topological polar surface area (TPSA) is 93.3 Å². The van der Waals surface area contributed by atoms with Crippen molar-refractivity contribution < 1.29 is 9.72 Å². The van der Waals surface area contributed by atoms with Crippen LogP contribution in [0, 0.1) is 28.9 Å². The molecular weight excluding hydrogens is 322 g/mol. The summed E-state index contributed by atoms with van der Waals surface area (Å²) in [6, 6.07) is 0.0863. The molecule has 0 aromatic carbocycles. The summed E-state index contributed by atoms with van der Waals surface area (Å²) in [5.41, 5.74) is 0. The van der Waals surface area contributed by atoms with Crippen molar-refractivity contribution in [2.24, 2.45) is 11.8 Å². The van der Waals surface area contributed by atoms with E-state index in [9.17, 15) is 14.9 Å². The number of amides is 1. The summed E-state index contributed by atoms with van der Waals surface area (Å²) in [7, 11) is 0. The molecule has 3 atom stereocenters. The van der Waals surface area contributed by atoms with E-state index in [0.29, 0.717) is 24.2 Å². The van der Waals surface area contributed by atoms with Gasteiger partial charge in [-0.1, -0.05) is 13.8 Å². The number of carbonyl (C=O) groups is 1. The number of rotatable bonds is 7. The minimum Gasteiger partial charge on any atom is -0.358 e. The number of nitrogens with one attached hydrogen (secondary N) is 1. The third-order valence-electron chi connectivity index (χ3n) is 4.61. The lowest BCUT2D eigenvalue weighted by atomic mass is 9.92. The predicted octanol–water partition coefficient (Wildman–Crippen LogP) is 1.97. The van der Waals surface area contributed by atoms with Crippen LogP contribution in [0.25, 0.3) is 0 Å². The Kier molecular flexibility index (Phi) is 6.52. The summed E-state index contributed by atoms with van der Waals surface area (Å²) in [6.45, 7) is 11.7. The summed E-state index contributed by atoms with van der Waals surface area (Å²) in [5, 5.41) is 13.8. The molecule has 1 aliphatic heterocycles. The Balaban J connectivity index is 1.77. The first kappa shape index (κ1) is 19.4. The fourth-order valence-electron chi connectivity index (χ4n) is 3.75. The number of hydrogen-bond donors (Lipinski definition) is 1. The van der Waals surface area contributed by atoms with Crippen LogP contribution in [0.4, 0.5) is 5.82 Å². The Labute approximate surface area is 148 Å². The highest BCUT2D eigenvalue weighted by Crippen LogP contribution is 2.20. The van der Waals surface area contributed by atoms with Gasteiger partial charge in [0.25, 0.3) is 0 Å². The second-order valence-electron chi connectivity index (χ2n) is 7.48. The average Bonchev–Trinajstić information content (AvgIpc) is 2.85. The van der Waals surface area contributed by atoms with Crippen LogP contribution in [0.3, 0.4) is 0 Å². The Bertz CT molecular complexity index is 605. The third-order valence-corrected chi connectivity index (χ3v) is 4.61. The molecule has 1 amide bonds. The Morgan fingerprint density at radius 2 is 2.08 bits per heavy atom. The summed E-state index contributed by atoms with van der Waals surface area (Å²) in [4.78, 5) is 28.7. The minimum atomic E-state index is -0.522. The number of imidazole rings is 1. The molecule has 1 N–H and O–H groups in total. The standard InChI is InChI=1S/C17H29N5O3/c1-12-7-13(2)9-20(8-12)10-14(3)18-17(23)5-6-21-11-16(22(24)25)19-15(21)4/h11-14H,5-10H2,1-4H3,(H,18,23). The van der Waals surface area contributed by atoms with Crippen LogP contribution >= 0.6 is 0 Å². The van der Waals surface area contributed by atoms with Crippen LogP contribution in [-0.4, -0.2) is 51.0 Å². The number of nitro groups is 1. The minimum absolute atomic E-state index is 0.0404. The second kappa shape index (κ2) is 8.42. The van der Waals surface area contributed by atoms with Crippen molar-refractivity contribution >= 4 is 11.7 Å². The van der Waals surface area contributed by atoms with E-state index in [1.54, 1.807) is 11.5 Å². The fraction of sp³-hybridized carbons (Fsp3) is 0.765. The van der Waals surface area contributed by atoms with Gasteiger partial charge in [0.15, 0.2) is 0 Å². The van der Waals surface area contributed by atoms with Gasteiger partial charge in [0.05, 0.1) is 0 Å². The van der Waals surface area contributed by atoms with Crippen molar-refractivity contribution in [1.29, 1.82) is 0 Å². The Hall–Kier alpha value is -1.96. The van der Waals surface area contributed by atoms with Gasteiger partial charge in [0, 0.05) is 45.6 Å². The third kappa shape index (κ3) is 5.81. The monoisotopic (exact) mass is 351 g/mol. The number of likely N-dealkylation sites (tertiary alicyclic amines) is 1. The first-order valence-corrected chi connectivity index (χ1v) is 8.94. The van der Waals surface area contributed by atoms with E-state index in [4.69, 9.17) is 0 Å². The molecule has 8 heteroatoms. The highest BCUT2D eigenvalue weighted by Gasteiger charge is 2.23. The Morgan fingerprint density at radius 3 is 2.64 bits per heavy atom. The lowest BCUT2D eigenvalue weighted by Crippen LogP contribution is -2.47. The smallest absolute Gasteiger partial charge is 0.358 e. The SMILES string of the molecule is Cc1nc([N+](=O)[O-])cn1CCC(=O)NC(C)CN1CC(C)CC(C)C1. The maximum Gasteiger partial charge on any atom is 0.381 e. The molecule has 2 heterocycles.